The van der Waals surface area contributed by atoms with Crippen LogP contribution in [0.15, 0.2) is 42.5 Å². The number of carbonyl (C=O) groups is 2. The minimum absolute atomic E-state index is 0.00922. The van der Waals surface area contributed by atoms with Gasteiger partial charge in [-0.1, -0.05) is 36.7 Å². The molecular weight excluding hydrogens is 405 g/mol. The molecule has 7 heteroatoms. The molecule has 2 aromatic carbocycles. The van der Waals surface area contributed by atoms with Crippen molar-refractivity contribution < 1.29 is 14.0 Å². The fraction of sp³-hybridized carbons (Fsp3) is 0.391. The smallest absolute Gasteiger partial charge is 0.253 e. The number of hydrogen-bond donors (Lipinski definition) is 2. The average Bonchev–Trinajstić information content (AvgIpc) is 2.70. The highest BCUT2D eigenvalue weighted by Crippen LogP contribution is 2.21. The minimum Gasteiger partial charge on any atom is -0.355 e. The Labute approximate surface area is 182 Å². The highest BCUT2D eigenvalue weighted by Gasteiger charge is 2.17. The maximum atomic E-state index is 14.2. The summed E-state index contributed by atoms with van der Waals surface area (Å²) in [5.41, 5.74) is 1.85. The molecular formula is C23H29ClFN3O2. The molecule has 0 aliphatic carbocycles. The molecule has 0 saturated carbocycles. The standard InChI is InChI=1S/C23H29ClFN3O2/c1-15(17-6-8-18(24)9-7-17)11-22(29)27-14-19(28(3)4)12-16-5-10-20(21(25)13-16)23(30)26-2/h5-10,13,15,19H,11-12,14H2,1-4H3,(H,26,30)(H,27,29)/t15-,19+/m1/s1. The van der Waals surface area contributed by atoms with Gasteiger partial charge >= 0.3 is 0 Å². The SMILES string of the molecule is CNC(=O)c1ccc(C[C@@H](CNC(=O)C[C@@H](C)c2ccc(Cl)cc2)N(C)C)cc1F. The van der Waals surface area contributed by atoms with Crippen molar-refractivity contribution >= 4 is 23.4 Å². The van der Waals surface area contributed by atoms with Crippen molar-refractivity contribution in [3.05, 3.63) is 70.0 Å². The Morgan fingerprint density at radius 1 is 1.13 bits per heavy atom. The minimum atomic E-state index is -0.551. The predicted molar refractivity (Wildman–Crippen MR) is 118 cm³/mol. The zero-order chi connectivity index (χ0) is 22.3. The summed E-state index contributed by atoms with van der Waals surface area (Å²) in [6, 6.07) is 12.1. The largest absolute Gasteiger partial charge is 0.355 e. The van der Waals surface area contributed by atoms with Crippen molar-refractivity contribution in [2.75, 3.05) is 27.7 Å². The Hall–Kier alpha value is -2.44. The second kappa shape index (κ2) is 11.1. The van der Waals surface area contributed by atoms with Crippen molar-refractivity contribution in [1.29, 1.82) is 0 Å². The van der Waals surface area contributed by atoms with Crippen LogP contribution in [0.4, 0.5) is 4.39 Å². The van der Waals surface area contributed by atoms with Crippen LogP contribution in [0.2, 0.25) is 5.02 Å². The summed E-state index contributed by atoms with van der Waals surface area (Å²) < 4.78 is 14.2. The summed E-state index contributed by atoms with van der Waals surface area (Å²) >= 11 is 5.92. The van der Waals surface area contributed by atoms with E-state index in [2.05, 4.69) is 10.6 Å². The fourth-order valence-corrected chi connectivity index (χ4v) is 3.33. The first-order chi connectivity index (χ1) is 14.2. The van der Waals surface area contributed by atoms with Gasteiger partial charge in [0.1, 0.15) is 5.82 Å². The zero-order valence-corrected chi connectivity index (χ0v) is 18.6. The number of carbonyl (C=O) groups excluding carboxylic acids is 2. The Balaban J connectivity index is 1.94. The van der Waals surface area contributed by atoms with Crippen LogP contribution >= 0.6 is 11.6 Å². The van der Waals surface area contributed by atoms with Crippen LogP contribution in [0.3, 0.4) is 0 Å². The molecule has 0 aliphatic rings. The Morgan fingerprint density at radius 3 is 2.37 bits per heavy atom. The van der Waals surface area contributed by atoms with Crippen molar-refractivity contribution in [2.45, 2.75) is 31.7 Å². The van der Waals surface area contributed by atoms with Crippen LogP contribution in [0.1, 0.15) is 40.7 Å². The fourth-order valence-electron chi connectivity index (χ4n) is 3.20. The van der Waals surface area contributed by atoms with Crippen molar-refractivity contribution in [1.82, 2.24) is 15.5 Å². The lowest BCUT2D eigenvalue weighted by molar-refractivity contribution is -0.121. The molecule has 0 saturated heterocycles. The van der Waals surface area contributed by atoms with Gasteiger partial charge in [0.25, 0.3) is 5.91 Å². The van der Waals surface area contributed by atoms with E-state index in [-0.39, 0.29) is 23.4 Å². The normalized spacial score (nSPS) is 13.0. The summed E-state index contributed by atoms with van der Waals surface area (Å²) in [5, 5.41) is 6.08. The van der Waals surface area contributed by atoms with Crippen molar-refractivity contribution in [3.8, 4) is 0 Å². The Kier molecular flexibility index (Phi) is 8.81. The molecule has 0 bridgehead atoms. The van der Waals surface area contributed by atoms with Crippen LogP contribution in [-0.4, -0.2) is 50.4 Å². The second-order valence-corrected chi connectivity index (χ2v) is 8.11. The molecule has 5 nitrogen and oxygen atoms in total. The number of amides is 2. The quantitative estimate of drug-likeness (QED) is 0.635. The van der Waals surface area contributed by atoms with Crippen LogP contribution in [-0.2, 0) is 11.2 Å². The van der Waals surface area contributed by atoms with Gasteiger partial charge < -0.3 is 15.5 Å². The molecule has 162 valence electrons. The molecule has 0 aromatic heterocycles. The molecule has 30 heavy (non-hydrogen) atoms. The average molecular weight is 434 g/mol. The lowest BCUT2D eigenvalue weighted by Gasteiger charge is -2.25. The summed E-state index contributed by atoms with van der Waals surface area (Å²) in [7, 11) is 5.30. The van der Waals surface area contributed by atoms with Gasteiger partial charge in [-0.2, -0.15) is 0 Å². The van der Waals surface area contributed by atoms with Gasteiger partial charge in [-0.15, -0.1) is 0 Å². The van der Waals surface area contributed by atoms with Gasteiger partial charge in [0.15, 0.2) is 0 Å². The summed E-state index contributed by atoms with van der Waals surface area (Å²) in [5.74, 6) is -0.965. The Bertz CT molecular complexity index is 871. The molecule has 0 radical (unpaired) electrons. The number of nitrogens with zero attached hydrogens (tertiary/aromatic N) is 1. The van der Waals surface area contributed by atoms with E-state index >= 15 is 0 Å². The van der Waals surface area contributed by atoms with E-state index in [1.165, 1.54) is 19.2 Å². The first-order valence-electron chi connectivity index (χ1n) is 9.90. The second-order valence-electron chi connectivity index (χ2n) is 7.68. The van der Waals surface area contributed by atoms with E-state index in [1.807, 2.05) is 50.2 Å². The maximum absolute atomic E-state index is 14.2. The first kappa shape index (κ1) is 23.8. The Morgan fingerprint density at radius 2 is 1.80 bits per heavy atom. The lowest BCUT2D eigenvalue weighted by Crippen LogP contribution is -2.41. The molecule has 0 fully saturated rings. The topological polar surface area (TPSA) is 61.4 Å². The number of nitrogens with one attached hydrogen (secondary N) is 2. The van der Waals surface area contributed by atoms with Gasteiger partial charge in [0, 0.05) is 31.1 Å². The zero-order valence-electron chi connectivity index (χ0n) is 17.8. The van der Waals surface area contributed by atoms with Gasteiger partial charge in [0.2, 0.25) is 5.91 Å². The highest BCUT2D eigenvalue weighted by atomic mass is 35.5. The van der Waals surface area contributed by atoms with E-state index < -0.39 is 11.7 Å². The van der Waals surface area contributed by atoms with E-state index in [0.29, 0.717) is 24.4 Å². The molecule has 2 N–H and O–H groups in total. The van der Waals surface area contributed by atoms with Crippen LogP contribution in [0.25, 0.3) is 0 Å². The summed E-state index contributed by atoms with van der Waals surface area (Å²) in [6.45, 7) is 2.45. The van der Waals surface area contributed by atoms with Gasteiger partial charge in [-0.3, -0.25) is 9.59 Å². The van der Waals surface area contributed by atoms with E-state index in [4.69, 9.17) is 11.6 Å². The van der Waals surface area contributed by atoms with Crippen molar-refractivity contribution in [3.63, 3.8) is 0 Å². The number of halogens is 2. The number of likely N-dealkylation sites (N-methyl/N-ethyl adjacent to an activating group) is 1. The molecule has 2 aromatic rings. The number of hydrogen-bond acceptors (Lipinski definition) is 3. The van der Waals surface area contributed by atoms with E-state index in [9.17, 15) is 14.0 Å². The third kappa shape index (κ3) is 6.82. The predicted octanol–water partition coefficient (Wildman–Crippen LogP) is 3.62. The van der Waals surface area contributed by atoms with Crippen LogP contribution in [0, 0.1) is 5.82 Å². The third-order valence-corrected chi connectivity index (χ3v) is 5.42. The van der Waals surface area contributed by atoms with Crippen molar-refractivity contribution in [2.24, 2.45) is 0 Å². The number of benzene rings is 2. The third-order valence-electron chi connectivity index (χ3n) is 5.17. The summed E-state index contributed by atoms with van der Waals surface area (Å²) in [4.78, 5) is 26.1. The van der Waals surface area contributed by atoms with Crippen LogP contribution in [0.5, 0.6) is 0 Å². The number of rotatable bonds is 9. The molecule has 0 spiro atoms. The van der Waals surface area contributed by atoms with Gasteiger partial charge in [0.05, 0.1) is 5.56 Å². The van der Waals surface area contributed by atoms with Gasteiger partial charge in [-0.25, -0.2) is 4.39 Å². The maximum Gasteiger partial charge on any atom is 0.253 e. The van der Waals surface area contributed by atoms with E-state index in [0.717, 1.165) is 11.1 Å². The molecule has 2 rings (SSSR count). The van der Waals surface area contributed by atoms with Crippen LogP contribution < -0.4 is 10.6 Å². The first-order valence-corrected chi connectivity index (χ1v) is 10.3. The molecule has 0 unspecified atom stereocenters. The highest BCUT2D eigenvalue weighted by molar-refractivity contribution is 6.30. The molecule has 0 aliphatic heterocycles. The van der Waals surface area contributed by atoms with E-state index in [1.54, 1.807) is 6.07 Å². The van der Waals surface area contributed by atoms with Gasteiger partial charge in [-0.05, 0) is 61.8 Å². The monoisotopic (exact) mass is 433 g/mol. The molecule has 0 heterocycles. The summed E-state index contributed by atoms with van der Waals surface area (Å²) in [6.07, 6.45) is 0.919. The molecule has 2 atom stereocenters. The lowest BCUT2D eigenvalue weighted by atomic mass is 9.97. The molecule has 2 amide bonds.